The number of rotatable bonds is 8. The first-order chi connectivity index (χ1) is 12.4. The van der Waals surface area contributed by atoms with Crippen LogP contribution in [0.2, 0.25) is 0 Å². The molecule has 6 nitrogen and oxygen atoms in total. The zero-order chi connectivity index (χ0) is 19.1. The summed E-state index contributed by atoms with van der Waals surface area (Å²) in [5, 5.41) is 13.9. The van der Waals surface area contributed by atoms with Crippen LogP contribution in [-0.2, 0) is 4.79 Å². The Morgan fingerprint density at radius 1 is 1.19 bits per heavy atom. The highest BCUT2D eigenvalue weighted by Crippen LogP contribution is 2.31. The van der Waals surface area contributed by atoms with Crippen LogP contribution in [0.3, 0.4) is 0 Å². The van der Waals surface area contributed by atoms with E-state index in [2.05, 4.69) is 21.2 Å². The zero-order valence-corrected chi connectivity index (χ0v) is 16.0. The monoisotopic (exact) mass is 420 g/mol. The van der Waals surface area contributed by atoms with Gasteiger partial charge in [-0.05, 0) is 42.8 Å². The molecule has 1 unspecified atom stereocenters. The Morgan fingerprint density at radius 2 is 1.96 bits per heavy atom. The van der Waals surface area contributed by atoms with Gasteiger partial charge in [0.05, 0.1) is 19.8 Å². The summed E-state index contributed by atoms with van der Waals surface area (Å²) in [5.41, 5.74) is 0.999. The average molecular weight is 421 g/mol. The molecule has 0 saturated heterocycles. The van der Waals surface area contributed by atoms with E-state index in [4.69, 9.17) is 9.47 Å². The first-order valence-corrected chi connectivity index (χ1v) is 8.81. The summed E-state index contributed by atoms with van der Waals surface area (Å²) < 4.78 is 11.5. The van der Waals surface area contributed by atoms with Crippen LogP contribution < -0.4 is 19.9 Å². The van der Waals surface area contributed by atoms with Crippen LogP contribution >= 0.6 is 15.9 Å². The molecular weight excluding hydrogens is 402 g/mol. The normalized spacial score (nSPS) is 11.5. The molecule has 0 saturated carbocycles. The van der Waals surface area contributed by atoms with E-state index in [-0.39, 0.29) is 12.3 Å². The SMILES string of the molecule is CCOc1ccc(C(CC(=O)[O-])NC(=O)c2cccc(Br)c2)cc1OC. The van der Waals surface area contributed by atoms with Crippen molar-refractivity contribution >= 4 is 27.8 Å². The Morgan fingerprint density at radius 3 is 2.58 bits per heavy atom. The van der Waals surface area contributed by atoms with Gasteiger partial charge in [0.1, 0.15) is 0 Å². The molecule has 0 spiro atoms. The van der Waals surface area contributed by atoms with Gasteiger partial charge in [-0.2, -0.15) is 0 Å². The summed E-state index contributed by atoms with van der Waals surface area (Å²) in [6.07, 6.45) is -0.364. The first kappa shape index (κ1) is 19.8. The van der Waals surface area contributed by atoms with E-state index >= 15 is 0 Å². The van der Waals surface area contributed by atoms with Crippen LogP contribution in [0.25, 0.3) is 0 Å². The molecule has 138 valence electrons. The minimum atomic E-state index is -1.27. The minimum absolute atomic E-state index is 0.364. The van der Waals surface area contributed by atoms with Crippen molar-refractivity contribution in [3.05, 3.63) is 58.1 Å². The number of carbonyl (C=O) groups is 2. The van der Waals surface area contributed by atoms with Crippen LogP contribution in [0.4, 0.5) is 0 Å². The molecule has 0 bridgehead atoms. The van der Waals surface area contributed by atoms with Gasteiger partial charge < -0.3 is 24.7 Å². The van der Waals surface area contributed by atoms with Crippen molar-refractivity contribution in [3.63, 3.8) is 0 Å². The van der Waals surface area contributed by atoms with Crippen LogP contribution in [0, 0.1) is 0 Å². The summed E-state index contributed by atoms with van der Waals surface area (Å²) in [4.78, 5) is 23.6. The molecule has 0 aliphatic rings. The number of carbonyl (C=O) groups excluding carboxylic acids is 2. The second-order valence-electron chi connectivity index (χ2n) is 5.46. The fourth-order valence-electron chi connectivity index (χ4n) is 2.47. The minimum Gasteiger partial charge on any atom is -0.550 e. The van der Waals surface area contributed by atoms with Gasteiger partial charge in [0.2, 0.25) is 0 Å². The van der Waals surface area contributed by atoms with Gasteiger partial charge in [0.25, 0.3) is 5.91 Å². The second kappa shape index (κ2) is 9.24. The van der Waals surface area contributed by atoms with Crippen molar-refractivity contribution in [2.45, 2.75) is 19.4 Å². The number of methoxy groups -OCH3 is 1. The second-order valence-corrected chi connectivity index (χ2v) is 6.37. The maximum atomic E-state index is 12.5. The van der Waals surface area contributed by atoms with Crippen molar-refractivity contribution in [2.24, 2.45) is 0 Å². The number of ether oxygens (including phenoxy) is 2. The summed E-state index contributed by atoms with van der Waals surface area (Å²) in [6, 6.07) is 11.1. The maximum absolute atomic E-state index is 12.5. The number of halogens is 1. The quantitative estimate of drug-likeness (QED) is 0.708. The number of nitrogens with one attached hydrogen (secondary N) is 1. The first-order valence-electron chi connectivity index (χ1n) is 8.01. The van der Waals surface area contributed by atoms with Gasteiger partial charge in [0.15, 0.2) is 11.5 Å². The number of carboxylic acids is 1. The molecule has 0 aliphatic heterocycles. The van der Waals surface area contributed by atoms with Gasteiger partial charge >= 0.3 is 0 Å². The molecule has 2 rings (SSSR count). The van der Waals surface area contributed by atoms with Crippen LogP contribution in [0.5, 0.6) is 11.5 Å². The zero-order valence-electron chi connectivity index (χ0n) is 14.5. The molecule has 26 heavy (non-hydrogen) atoms. The highest BCUT2D eigenvalue weighted by atomic mass is 79.9. The van der Waals surface area contributed by atoms with E-state index in [9.17, 15) is 14.7 Å². The number of hydrogen-bond donors (Lipinski definition) is 1. The van der Waals surface area contributed by atoms with Crippen LogP contribution in [-0.4, -0.2) is 25.6 Å². The highest BCUT2D eigenvalue weighted by molar-refractivity contribution is 9.10. The number of benzene rings is 2. The van der Waals surface area contributed by atoms with E-state index in [0.717, 1.165) is 4.47 Å². The number of aliphatic carboxylic acids is 1. The van der Waals surface area contributed by atoms with Crippen molar-refractivity contribution < 1.29 is 24.2 Å². The molecule has 1 amide bonds. The Kier molecular flexibility index (Phi) is 7.03. The lowest BCUT2D eigenvalue weighted by Crippen LogP contribution is -2.34. The van der Waals surface area contributed by atoms with Gasteiger partial charge in [-0.3, -0.25) is 4.79 Å². The van der Waals surface area contributed by atoms with E-state index in [1.807, 2.05) is 6.92 Å². The van der Waals surface area contributed by atoms with Crippen molar-refractivity contribution in [2.75, 3.05) is 13.7 Å². The topological polar surface area (TPSA) is 87.7 Å². The molecule has 0 radical (unpaired) electrons. The third kappa shape index (κ3) is 5.23. The summed E-state index contributed by atoms with van der Waals surface area (Å²) in [6.45, 7) is 2.32. The predicted molar refractivity (Wildman–Crippen MR) is 98.1 cm³/mol. The Labute approximate surface area is 160 Å². The third-order valence-corrected chi connectivity index (χ3v) is 4.15. The molecule has 0 aromatic heterocycles. The van der Waals surface area contributed by atoms with Crippen LogP contribution in [0.15, 0.2) is 46.9 Å². The molecule has 0 fully saturated rings. The van der Waals surface area contributed by atoms with Gasteiger partial charge in [-0.15, -0.1) is 0 Å². The van der Waals surface area contributed by atoms with Crippen molar-refractivity contribution in [3.8, 4) is 11.5 Å². The highest BCUT2D eigenvalue weighted by Gasteiger charge is 2.18. The fourth-order valence-corrected chi connectivity index (χ4v) is 2.87. The molecule has 1 N–H and O–H groups in total. The largest absolute Gasteiger partial charge is 0.550 e. The van der Waals surface area contributed by atoms with Gasteiger partial charge in [0, 0.05) is 22.4 Å². The van der Waals surface area contributed by atoms with Crippen LogP contribution in [0.1, 0.15) is 35.3 Å². The van der Waals surface area contributed by atoms with Gasteiger partial charge in [-0.25, -0.2) is 0 Å². The molecule has 1 atom stereocenters. The van der Waals surface area contributed by atoms with E-state index < -0.39 is 12.0 Å². The standard InChI is InChI=1S/C19H20BrNO5/c1-3-26-16-8-7-12(10-17(16)25-2)15(11-18(22)23)21-19(24)13-5-4-6-14(20)9-13/h4-10,15H,3,11H2,1-2H3,(H,21,24)(H,22,23)/p-1. The average Bonchev–Trinajstić information content (AvgIpc) is 2.61. The number of hydrogen-bond acceptors (Lipinski definition) is 5. The predicted octanol–water partition coefficient (Wildman–Crippen LogP) is 2.47. The van der Waals surface area contributed by atoms with Crippen molar-refractivity contribution in [1.82, 2.24) is 5.32 Å². The molecule has 2 aromatic rings. The maximum Gasteiger partial charge on any atom is 0.251 e. The summed E-state index contributed by atoms with van der Waals surface area (Å²) in [5.74, 6) is -0.642. The Hall–Kier alpha value is -2.54. The molecule has 2 aromatic carbocycles. The number of carboxylic acid groups (broad SMARTS) is 1. The summed E-state index contributed by atoms with van der Waals surface area (Å²) >= 11 is 3.31. The smallest absolute Gasteiger partial charge is 0.251 e. The summed E-state index contributed by atoms with van der Waals surface area (Å²) in [7, 11) is 1.50. The van der Waals surface area contributed by atoms with Crippen molar-refractivity contribution in [1.29, 1.82) is 0 Å². The number of amides is 1. The molecule has 0 heterocycles. The van der Waals surface area contributed by atoms with E-state index in [1.165, 1.54) is 7.11 Å². The Balaban J connectivity index is 2.29. The van der Waals surface area contributed by atoms with Gasteiger partial charge in [-0.1, -0.05) is 28.1 Å². The fraction of sp³-hybridized carbons (Fsp3) is 0.263. The van der Waals surface area contributed by atoms with E-state index in [0.29, 0.717) is 29.2 Å². The Bertz CT molecular complexity index is 793. The molecular formula is C19H19BrNO5-. The van der Waals surface area contributed by atoms with E-state index in [1.54, 1.807) is 42.5 Å². The third-order valence-electron chi connectivity index (χ3n) is 3.65. The molecule has 7 heteroatoms. The lowest BCUT2D eigenvalue weighted by Gasteiger charge is -2.21. The lowest BCUT2D eigenvalue weighted by molar-refractivity contribution is -0.306. The lowest BCUT2D eigenvalue weighted by atomic mass is 10.0. The molecule has 0 aliphatic carbocycles.